The summed E-state index contributed by atoms with van der Waals surface area (Å²) in [7, 11) is 0. The molecule has 0 saturated carbocycles. The van der Waals surface area contributed by atoms with Gasteiger partial charge in [0.2, 0.25) is 0 Å². The van der Waals surface area contributed by atoms with Crippen molar-refractivity contribution in [3.8, 4) is 0 Å². The van der Waals surface area contributed by atoms with Crippen LogP contribution in [0.1, 0.15) is 53.0 Å². The van der Waals surface area contributed by atoms with Gasteiger partial charge in [-0.15, -0.1) is 0 Å². The van der Waals surface area contributed by atoms with Crippen LogP contribution < -0.4 is 0 Å². The molecule has 1 aromatic carbocycles. The highest BCUT2D eigenvalue weighted by Gasteiger charge is 2.18. The smallest absolute Gasteiger partial charge is 0.336 e. The lowest BCUT2D eigenvalue weighted by Crippen LogP contribution is -2.09. The summed E-state index contributed by atoms with van der Waals surface area (Å²) in [5, 5.41) is 18.3. The Morgan fingerprint density at radius 2 is 1.68 bits per heavy atom. The summed E-state index contributed by atoms with van der Waals surface area (Å²) in [6, 6.07) is 2.59. The number of halogens is 1. The van der Waals surface area contributed by atoms with Crippen molar-refractivity contribution in [2.75, 3.05) is 0 Å². The van der Waals surface area contributed by atoms with Gasteiger partial charge in [-0.3, -0.25) is 0 Å². The van der Waals surface area contributed by atoms with Gasteiger partial charge in [-0.1, -0.05) is 31.9 Å². The summed E-state index contributed by atoms with van der Waals surface area (Å²) in [6.07, 6.45) is 2.56. The average molecular weight is 285 g/mol. The molecule has 0 spiro atoms. The lowest BCUT2D eigenvalue weighted by Gasteiger charge is -2.09. The molecule has 19 heavy (non-hydrogen) atoms. The molecule has 1 rings (SSSR count). The molecule has 1 aromatic rings. The summed E-state index contributed by atoms with van der Waals surface area (Å²) in [5.74, 6) is -1.97. The van der Waals surface area contributed by atoms with Gasteiger partial charge in [0.05, 0.1) is 11.1 Å². The molecule has 0 atom stereocenters. The minimum atomic E-state index is -1.28. The highest BCUT2D eigenvalue weighted by molar-refractivity contribution is 6.32. The van der Waals surface area contributed by atoms with Crippen molar-refractivity contribution in [1.29, 1.82) is 0 Å². The normalized spacial score (nSPS) is 10.7. The number of hydrogen-bond donors (Lipinski definition) is 2. The summed E-state index contributed by atoms with van der Waals surface area (Å²) in [4.78, 5) is 22.0. The van der Waals surface area contributed by atoms with Crippen LogP contribution >= 0.6 is 11.6 Å². The van der Waals surface area contributed by atoms with Crippen molar-refractivity contribution in [3.05, 3.63) is 33.8 Å². The van der Waals surface area contributed by atoms with E-state index in [2.05, 4.69) is 13.8 Å². The Morgan fingerprint density at radius 1 is 1.16 bits per heavy atom. The van der Waals surface area contributed by atoms with Crippen LogP contribution in [0.3, 0.4) is 0 Å². The maximum absolute atomic E-state index is 11.1. The fourth-order valence-corrected chi connectivity index (χ4v) is 2.12. The predicted octanol–water partition coefficient (Wildman–Crippen LogP) is 3.72. The molecule has 2 N–H and O–H groups in total. The summed E-state index contributed by atoms with van der Waals surface area (Å²) in [6.45, 7) is 4.22. The topological polar surface area (TPSA) is 74.6 Å². The molecule has 4 nitrogen and oxygen atoms in total. The number of aromatic carboxylic acids is 2. The van der Waals surface area contributed by atoms with E-state index in [1.807, 2.05) is 0 Å². The van der Waals surface area contributed by atoms with E-state index in [0.717, 1.165) is 12.8 Å². The fourth-order valence-electron chi connectivity index (χ4n) is 1.86. The van der Waals surface area contributed by atoms with E-state index < -0.39 is 11.9 Å². The molecule has 104 valence electrons. The zero-order valence-electron chi connectivity index (χ0n) is 10.9. The molecule has 0 aliphatic heterocycles. The number of aryl methyl sites for hydroxylation is 1. The Morgan fingerprint density at radius 3 is 2.16 bits per heavy atom. The van der Waals surface area contributed by atoms with Crippen LogP contribution in [0.15, 0.2) is 12.1 Å². The third-order valence-electron chi connectivity index (χ3n) is 2.87. The van der Waals surface area contributed by atoms with E-state index in [-0.39, 0.29) is 11.1 Å². The number of benzene rings is 1. The zero-order valence-corrected chi connectivity index (χ0v) is 11.7. The molecular formula is C14H17ClO4. The SMILES string of the molecule is CC(C)CCCc1cc(C(=O)O)c(C(=O)O)cc1Cl. The van der Waals surface area contributed by atoms with Gasteiger partial charge in [-0.05, 0) is 36.5 Å². The van der Waals surface area contributed by atoms with E-state index in [1.165, 1.54) is 12.1 Å². The van der Waals surface area contributed by atoms with Gasteiger partial charge in [0.25, 0.3) is 0 Å². The third kappa shape index (κ3) is 4.24. The summed E-state index contributed by atoms with van der Waals surface area (Å²) in [5.41, 5.74) is 0.200. The largest absolute Gasteiger partial charge is 0.478 e. The second-order valence-corrected chi connectivity index (χ2v) is 5.29. The van der Waals surface area contributed by atoms with E-state index >= 15 is 0 Å². The molecule has 5 heteroatoms. The molecule has 0 saturated heterocycles. The van der Waals surface area contributed by atoms with Gasteiger partial charge in [-0.25, -0.2) is 9.59 Å². The van der Waals surface area contributed by atoms with Crippen molar-refractivity contribution >= 4 is 23.5 Å². The van der Waals surface area contributed by atoms with E-state index in [4.69, 9.17) is 21.8 Å². The van der Waals surface area contributed by atoms with Gasteiger partial charge in [0.15, 0.2) is 0 Å². The number of carboxylic acid groups (broad SMARTS) is 2. The van der Waals surface area contributed by atoms with Crippen LogP contribution in [0, 0.1) is 5.92 Å². The molecule has 0 unspecified atom stereocenters. The van der Waals surface area contributed by atoms with Crippen molar-refractivity contribution in [2.45, 2.75) is 33.1 Å². The molecule has 0 aliphatic carbocycles. The Labute approximate surface area is 117 Å². The predicted molar refractivity (Wildman–Crippen MR) is 73.1 cm³/mol. The first-order valence-corrected chi connectivity index (χ1v) is 6.49. The molecule has 0 bridgehead atoms. The van der Waals surface area contributed by atoms with Crippen LogP contribution in [0.4, 0.5) is 0 Å². The van der Waals surface area contributed by atoms with Crippen LogP contribution in [0.25, 0.3) is 0 Å². The minimum absolute atomic E-state index is 0.212. The Balaban J connectivity index is 3.04. The second-order valence-electron chi connectivity index (χ2n) is 4.89. The van der Waals surface area contributed by atoms with Crippen molar-refractivity contribution in [1.82, 2.24) is 0 Å². The maximum Gasteiger partial charge on any atom is 0.336 e. The van der Waals surface area contributed by atoms with Crippen molar-refractivity contribution in [3.63, 3.8) is 0 Å². The van der Waals surface area contributed by atoms with E-state index in [9.17, 15) is 9.59 Å². The molecule has 0 aliphatic rings. The first kappa shape index (κ1) is 15.5. The first-order valence-electron chi connectivity index (χ1n) is 6.12. The highest BCUT2D eigenvalue weighted by Crippen LogP contribution is 2.24. The van der Waals surface area contributed by atoms with Gasteiger partial charge >= 0.3 is 11.9 Å². The van der Waals surface area contributed by atoms with E-state index in [1.54, 1.807) is 0 Å². The molecule has 0 radical (unpaired) electrons. The van der Waals surface area contributed by atoms with E-state index in [0.29, 0.717) is 22.9 Å². The minimum Gasteiger partial charge on any atom is -0.478 e. The first-order chi connectivity index (χ1) is 8.82. The standard InChI is InChI=1S/C14H17ClO4/c1-8(2)4-3-5-9-6-10(13(16)17)11(14(18)19)7-12(9)15/h6-8H,3-5H2,1-2H3,(H,16,17)(H,18,19). The molecular weight excluding hydrogens is 268 g/mol. The summed E-state index contributed by atoms with van der Waals surface area (Å²) >= 11 is 6.01. The lowest BCUT2D eigenvalue weighted by atomic mass is 9.98. The molecule has 0 fully saturated rings. The number of carbonyl (C=O) groups is 2. The Bertz CT molecular complexity index is 494. The molecule has 0 amide bonds. The van der Waals surface area contributed by atoms with Crippen LogP contribution in [0.5, 0.6) is 0 Å². The van der Waals surface area contributed by atoms with Crippen LogP contribution in [-0.2, 0) is 6.42 Å². The number of carboxylic acids is 2. The quantitative estimate of drug-likeness (QED) is 0.835. The fraction of sp³-hybridized carbons (Fsp3) is 0.429. The number of rotatable bonds is 6. The average Bonchev–Trinajstić information content (AvgIpc) is 2.29. The second kappa shape index (κ2) is 6.57. The Hall–Kier alpha value is -1.55. The van der Waals surface area contributed by atoms with Gasteiger partial charge in [-0.2, -0.15) is 0 Å². The third-order valence-corrected chi connectivity index (χ3v) is 3.23. The van der Waals surface area contributed by atoms with Gasteiger partial charge in [0.1, 0.15) is 0 Å². The van der Waals surface area contributed by atoms with Crippen molar-refractivity contribution < 1.29 is 19.8 Å². The maximum atomic E-state index is 11.1. The monoisotopic (exact) mass is 284 g/mol. The zero-order chi connectivity index (χ0) is 14.6. The van der Waals surface area contributed by atoms with Gasteiger partial charge in [0, 0.05) is 5.02 Å². The lowest BCUT2D eigenvalue weighted by molar-refractivity contribution is 0.0651. The number of hydrogen-bond acceptors (Lipinski definition) is 2. The summed E-state index contributed by atoms with van der Waals surface area (Å²) < 4.78 is 0. The highest BCUT2D eigenvalue weighted by atomic mass is 35.5. The molecule has 0 heterocycles. The molecule has 0 aromatic heterocycles. The van der Waals surface area contributed by atoms with Crippen LogP contribution in [0.2, 0.25) is 5.02 Å². The van der Waals surface area contributed by atoms with Crippen molar-refractivity contribution in [2.24, 2.45) is 5.92 Å². The van der Waals surface area contributed by atoms with Crippen LogP contribution in [-0.4, -0.2) is 22.2 Å². The van der Waals surface area contributed by atoms with Gasteiger partial charge < -0.3 is 10.2 Å². The Kier molecular flexibility index (Phi) is 5.36.